The van der Waals surface area contributed by atoms with E-state index in [1.807, 2.05) is 60.3 Å². The summed E-state index contributed by atoms with van der Waals surface area (Å²) in [5, 5.41) is 7.21. The first-order chi connectivity index (χ1) is 16.2. The van der Waals surface area contributed by atoms with Gasteiger partial charge in [0.1, 0.15) is 0 Å². The van der Waals surface area contributed by atoms with Crippen LogP contribution in [0.1, 0.15) is 18.1 Å². The average molecular weight is 442 g/mol. The molecule has 0 fully saturated rings. The van der Waals surface area contributed by atoms with Crippen LogP contribution >= 0.6 is 0 Å². The highest BCUT2D eigenvalue weighted by Crippen LogP contribution is 2.26. The third-order valence-electron chi connectivity index (χ3n) is 5.17. The Labute approximate surface area is 193 Å². The van der Waals surface area contributed by atoms with Crippen LogP contribution in [0.5, 0.6) is 11.5 Å². The smallest absolute Gasteiger partial charge is 0.258 e. The van der Waals surface area contributed by atoms with Gasteiger partial charge in [-0.05, 0) is 47.4 Å². The summed E-state index contributed by atoms with van der Waals surface area (Å²) < 4.78 is 13.1. The van der Waals surface area contributed by atoms with Crippen LogP contribution in [0.2, 0.25) is 0 Å². The predicted octanol–water partition coefficient (Wildman–Crippen LogP) is 4.69. The molecule has 6 nitrogen and oxygen atoms in total. The average Bonchev–Trinajstić information content (AvgIpc) is 3.36. The number of benzene rings is 3. The molecule has 1 aromatic heterocycles. The molecule has 0 saturated heterocycles. The van der Waals surface area contributed by atoms with Gasteiger partial charge in [0, 0.05) is 18.9 Å². The molecule has 6 heteroatoms. The Balaban J connectivity index is 1.36. The molecular formula is C27H27N3O3. The molecule has 0 aliphatic heterocycles. The lowest BCUT2D eigenvalue weighted by Crippen LogP contribution is -2.28. The fraction of sp³-hybridized carbons (Fsp3) is 0.185. The lowest BCUT2D eigenvalue weighted by atomic mass is 9.98. The quantitative estimate of drug-likeness (QED) is 0.388. The molecule has 0 aliphatic rings. The molecule has 1 N–H and O–H groups in total. The highest BCUT2D eigenvalue weighted by atomic mass is 16.5. The molecule has 0 saturated carbocycles. The first-order valence-corrected chi connectivity index (χ1v) is 11.0. The minimum atomic E-state index is -0.189. The van der Waals surface area contributed by atoms with Crippen molar-refractivity contribution in [2.45, 2.75) is 20.0 Å². The minimum Gasteiger partial charge on any atom is -0.490 e. The fourth-order valence-corrected chi connectivity index (χ4v) is 3.56. The second-order valence-electron chi connectivity index (χ2n) is 7.50. The van der Waals surface area contributed by atoms with E-state index >= 15 is 0 Å². The lowest BCUT2D eigenvalue weighted by molar-refractivity contribution is -0.123. The number of nitrogens with one attached hydrogen (secondary N) is 1. The van der Waals surface area contributed by atoms with Crippen molar-refractivity contribution < 1.29 is 14.3 Å². The number of hydrogen-bond acceptors (Lipinski definition) is 4. The second kappa shape index (κ2) is 11.0. The number of nitrogens with zero attached hydrogens (tertiary/aromatic N) is 2. The van der Waals surface area contributed by atoms with Crippen molar-refractivity contribution in [3.05, 3.63) is 102 Å². The van der Waals surface area contributed by atoms with Gasteiger partial charge in [0.15, 0.2) is 18.1 Å². The molecule has 0 atom stereocenters. The van der Waals surface area contributed by atoms with Crippen molar-refractivity contribution in [3.63, 3.8) is 0 Å². The van der Waals surface area contributed by atoms with E-state index in [1.165, 1.54) is 5.56 Å². The van der Waals surface area contributed by atoms with Gasteiger partial charge in [-0.3, -0.25) is 9.48 Å². The summed E-state index contributed by atoms with van der Waals surface area (Å²) in [6.07, 6.45) is 3.73. The van der Waals surface area contributed by atoms with Crippen LogP contribution in [0.25, 0.3) is 11.1 Å². The molecule has 0 bridgehead atoms. The summed E-state index contributed by atoms with van der Waals surface area (Å²) in [6, 6.07) is 25.8. The van der Waals surface area contributed by atoms with Crippen molar-refractivity contribution >= 4 is 5.91 Å². The second-order valence-corrected chi connectivity index (χ2v) is 7.50. The van der Waals surface area contributed by atoms with Crippen LogP contribution in [0, 0.1) is 0 Å². The Bertz CT molecular complexity index is 1170. The third kappa shape index (κ3) is 6.01. The molecule has 0 radical (unpaired) electrons. The van der Waals surface area contributed by atoms with E-state index in [9.17, 15) is 4.79 Å². The SMILES string of the molecule is CCOc1ccccc1OCC(=O)NCc1ccccc1-c1ccc(Cn2cccn2)cc1. The van der Waals surface area contributed by atoms with E-state index in [2.05, 4.69) is 40.7 Å². The number of carbonyl (C=O) groups excluding carboxylic acids is 1. The van der Waals surface area contributed by atoms with Gasteiger partial charge >= 0.3 is 0 Å². The van der Waals surface area contributed by atoms with Crippen molar-refractivity contribution in [2.75, 3.05) is 13.2 Å². The standard InChI is InChI=1S/C27H27N3O3/c1-2-32-25-10-5-6-11-26(25)33-20-27(31)28-18-23-8-3-4-9-24(23)22-14-12-21(13-15-22)19-30-17-7-16-29-30/h3-17H,2,18-20H2,1H3,(H,28,31). The molecule has 1 heterocycles. The molecule has 4 rings (SSSR count). The van der Waals surface area contributed by atoms with Gasteiger partial charge in [-0.25, -0.2) is 0 Å². The topological polar surface area (TPSA) is 65.4 Å². The number of para-hydroxylation sites is 2. The molecule has 3 aromatic carbocycles. The highest BCUT2D eigenvalue weighted by Gasteiger charge is 2.10. The summed E-state index contributed by atoms with van der Waals surface area (Å²) in [4.78, 5) is 12.4. The number of amides is 1. The van der Waals surface area contributed by atoms with Crippen LogP contribution in [0.3, 0.4) is 0 Å². The van der Waals surface area contributed by atoms with Gasteiger partial charge in [0.25, 0.3) is 5.91 Å². The van der Waals surface area contributed by atoms with Gasteiger partial charge in [0.2, 0.25) is 0 Å². The highest BCUT2D eigenvalue weighted by molar-refractivity contribution is 5.78. The maximum Gasteiger partial charge on any atom is 0.258 e. The van der Waals surface area contributed by atoms with Crippen molar-refractivity contribution in [3.8, 4) is 22.6 Å². The largest absolute Gasteiger partial charge is 0.490 e. The molecule has 4 aromatic rings. The summed E-state index contributed by atoms with van der Waals surface area (Å²) in [5.41, 5.74) is 4.41. The van der Waals surface area contributed by atoms with Gasteiger partial charge < -0.3 is 14.8 Å². The molecule has 0 unspecified atom stereocenters. The van der Waals surface area contributed by atoms with E-state index in [4.69, 9.17) is 9.47 Å². The Morgan fingerprint density at radius 2 is 1.64 bits per heavy atom. The first kappa shape index (κ1) is 22.1. The molecule has 0 aliphatic carbocycles. The number of rotatable bonds is 10. The first-order valence-electron chi connectivity index (χ1n) is 11.0. The number of aromatic nitrogens is 2. The van der Waals surface area contributed by atoms with Crippen LogP contribution in [0.4, 0.5) is 0 Å². The van der Waals surface area contributed by atoms with E-state index in [-0.39, 0.29) is 12.5 Å². The predicted molar refractivity (Wildman–Crippen MR) is 128 cm³/mol. The number of ether oxygens (including phenoxy) is 2. The van der Waals surface area contributed by atoms with Crippen molar-refractivity contribution in [1.82, 2.24) is 15.1 Å². The zero-order valence-electron chi connectivity index (χ0n) is 18.6. The van der Waals surface area contributed by atoms with Crippen LogP contribution in [0.15, 0.2) is 91.3 Å². The van der Waals surface area contributed by atoms with Crippen LogP contribution in [-0.2, 0) is 17.9 Å². The maximum atomic E-state index is 12.4. The minimum absolute atomic E-state index is 0.0750. The Morgan fingerprint density at radius 3 is 2.36 bits per heavy atom. The van der Waals surface area contributed by atoms with E-state index in [0.717, 1.165) is 23.2 Å². The molecule has 1 amide bonds. The molecule has 0 spiro atoms. The maximum absolute atomic E-state index is 12.4. The van der Waals surface area contributed by atoms with Gasteiger partial charge in [-0.1, -0.05) is 60.7 Å². The van der Waals surface area contributed by atoms with E-state index < -0.39 is 0 Å². The van der Waals surface area contributed by atoms with Crippen molar-refractivity contribution in [1.29, 1.82) is 0 Å². The fourth-order valence-electron chi connectivity index (χ4n) is 3.56. The lowest BCUT2D eigenvalue weighted by Gasteiger charge is -2.13. The van der Waals surface area contributed by atoms with Gasteiger partial charge in [-0.15, -0.1) is 0 Å². The van der Waals surface area contributed by atoms with E-state index in [1.54, 1.807) is 12.3 Å². The Morgan fingerprint density at radius 1 is 0.909 bits per heavy atom. The summed E-state index contributed by atoms with van der Waals surface area (Å²) in [5.74, 6) is 1.00. The molecule has 168 valence electrons. The summed E-state index contributed by atoms with van der Waals surface area (Å²) in [7, 11) is 0. The monoisotopic (exact) mass is 441 g/mol. The normalized spacial score (nSPS) is 10.6. The third-order valence-corrected chi connectivity index (χ3v) is 5.17. The number of carbonyl (C=O) groups is 1. The zero-order chi connectivity index (χ0) is 22.9. The summed E-state index contributed by atoms with van der Waals surface area (Å²) >= 11 is 0. The summed E-state index contributed by atoms with van der Waals surface area (Å²) in [6.45, 7) is 3.52. The van der Waals surface area contributed by atoms with Crippen LogP contribution < -0.4 is 14.8 Å². The Kier molecular flexibility index (Phi) is 7.38. The zero-order valence-corrected chi connectivity index (χ0v) is 18.6. The van der Waals surface area contributed by atoms with Crippen LogP contribution in [-0.4, -0.2) is 28.9 Å². The van der Waals surface area contributed by atoms with E-state index in [0.29, 0.717) is 24.7 Å². The molecule has 33 heavy (non-hydrogen) atoms. The Hall–Kier alpha value is -4.06. The molecular weight excluding hydrogens is 414 g/mol. The van der Waals surface area contributed by atoms with Gasteiger partial charge in [-0.2, -0.15) is 5.10 Å². The van der Waals surface area contributed by atoms with Crippen molar-refractivity contribution in [2.24, 2.45) is 0 Å². The van der Waals surface area contributed by atoms with Gasteiger partial charge in [0.05, 0.1) is 13.2 Å². The number of hydrogen-bond donors (Lipinski definition) is 1.